The van der Waals surface area contributed by atoms with Gasteiger partial charge in [-0.15, -0.1) is 0 Å². The summed E-state index contributed by atoms with van der Waals surface area (Å²) in [4.78, 5) is 11.0. The SMILES string of the molecule is CC1COc2c(C(=O)O)cc(Cl)c(N)c2O1. The number of nitrogen functional groups attached to an aromatic ring is 1. The fourth-order valence-corrected chi connectivity index (χ4v) is 1.67. The molecule has 1 atom stereocenters. The predicted molar refractivity (Wildman–Crippen MR) is 58.4 cm³/mol. The van der Waals surface area contributed by atoms with Crippen LogP contribution in [0.3, 0.4) is 0 Å². The molecule has 5 nitrogen and oxygen atoms in total. The molecule has 2 rings (SSSR count). The fraction of sp³-hybridized carbons (Fsp3) is 0.300. The number of hydrogen-bond acceptors (Lipinski definition) is 4. The summed E-state index contributed by atoms with van der Waals surface area (Å²) in [6.45, 7) is 2.08. The van der Waals surface area contributed by atoms with Crippen molar-refractivity contribution >= 4 is 23.3 Å². The van der Waals surface area contributed by atoms with E-state index in [1.807, 2.05) is 0 Å². The van der Waals surface area contributed by atoms with E-state index >= 15 is 0 Å². The van der Waals surface area contributed by atoms with Crippen molar-refractivity contribution in [2.45, 2.75) is 13.0 Å². The number of nitrogens with two attached hydrogens (primary N) is 1. The molecule has 1 aromatic rings. The standard InChI is InChI=1S/C10H10ClNO4/c1-4-3-15-8-5(10(13)14)2-6(11)7(12)9(8)16-4/h2,4H,3,12H2,1H3,(H,13,14). The highest BCUT2D eigenvalue weighted by Gasteiger charge is 2.27. The van der Waals surface area contributed by atoms with Crippen LogP contribution in [0.1, 0.15) is 17.3 Å². The molecular weight excluding hydrogens is 234 g/mol. The van der Waals surface area contributed by atoms with E-state index in [0.717, 1.165) is 0 Å². The van der Waals surface area contributed by atoms with E-state index < -0.39 is 5.97 Å². The monoisotopic (exact) mass is 243 g/mol. The molecule has 1 aliphatic rings. The van der Waals surface area contributed by atoms with E-state index in [0.29, 0.717) is 0 Å². The lowest BCUT2D eigenvalue weighted by molar-refractivity contribution is 0.0671. The van der Waals surface area contributed by atoms with E-state index in [9.17, 15) is 4.79 Å². The van der Waals surface area contributed by atoms with E-state index in [-0.39, 0.29) is 40.5 Å². The number of halogens is 1. The van der Waals surface area contributed by atoms with Gasteiger partial charge in [0.25, 0.3) is 0 Å². The second kappa shape index (κ2) is 3.75. The number of rotatable bonds is 1. The van der Waals surface area contributed by atoms with Crippen molar-refractivity contribution in [3.63, 3.8) is 0 Å². The summed E-state index contributed by atoms with van der Waals surface area (Å²) in [7, 11) is 0. The zero-order chi connectivity index (χ0) is 11.9. The minimum atomic E-state index is -1.13. The highest BCUT2D eigenvalue weighted by molar-refractivity contribution is 6.34. The molecule has 1 aromatic carbocycles. The maximum atomic E-state index is 11.0. The molecule has 0 saturated carbocycles. The summed E-state index contributed by atoms with van der Waals surface area (Å²) < 4.78 is 10.8. The largest absolute Gasteiger partial charge is 0.485 e. The second-order valence-electron chi connectivity index (χ2n) is 3.52. The summed E-state index contributed by atoms with van der Waals surface area (Å²) in [6.07, 6.45) is -0.185. The molecule has 0 amide bonds. The lowest BCUT2D eigenvalue weighted by Crippen LogP contribution is -2.27. The molecule has 1 aliphatic heterocycles. The molecular formula is C10H10ClNO4. The number of carbonyl (C=O) groups is 1. The van der Waals surface area contributed by atoms with Crippen LogP contribution in [0.5, 0.6) is 11.5 Å². The van der Waals surface area contributed by atoms with Crippen LogP contribution in [0.4, 0.5) is 5.69 Å². The number of benzene rings is 1. The van der Waals surface area contributed by atoms with Crippen LogP contribution >= 0.6 is 11.6 Å². The predicted octanol–water partition coefficient (Wildman–Crippen LogP) is 1.78. The Morgan fingerprint density at radius 1 is 1.62 bits per heavy atom. The maximum absolute atomic E-state index is 11.0. The molecule has 16 heavy (non-hydrogen) atoms. The van der Waals surface area contributed by atoms with Crippen molar-refractivity contribution in [3.8, 4) is 11.5 Å². The topological polar surface area (TPSA) is 81.8 Å². The zero-order valence-electron chi connectivity index (χ0n) is 8.49. The summed E-state index contributed by atoms with van der Waals surface area (Å²) >= 11 is 5.82. The average Bonchev–Trinajstić information content (AvgIpc) is 2.23. The second-order valence-corrected chi connectivity index (χ2v) is 3.93. The van der Waals surface area contributed by atoms with E-state index in [1.54, 1.807) is 6.92 Å². The number of aromatic carboxylic acids is 1. The maximum Gasteiger partial charge on any atom is 0.339 e. The Labute approximate surface area is 96.7 Å². The van der Waals surface area contributed by atoms with Gasteiger partial charge in [-0.1, -0.05) is 11.6 Å². The van der Waals surface area contributed by atoms with Crippen LogP contribution in [0, 0.1) is 0 Å². The smallest absolute Gasteiger partial charge is 0.339 e. The van der Waals surface area contributed by atoms with Crippen molar-refractivity contribution in [1.82, 2.24) is 0 Å². The van der Waals surface area contributed by atoms with Gasteiger partial charge in [0.1, 0.15) is 18.3 Å². The summed E-state index contributed by atoms with van der Waals surface area (Å²) in [5.74, 6) is -0.771. The molecule has 0 spiro atoms. The Morgan fingerprint density at radius 3 is 2.94 bits per heavy atom. The van der Waals surface area contributed by atoms with Gasteiger partial charge >= 0.3 is 5.97 Å². The third kappa shape index (κ3) is 1.63. The first-order chi connectivity index (χ1) is 7.50. The van der Waals surface area contributed by atoms with E-state index in [1.165, 1.54) is 6.07 Å². The first-order valence-electron chi connectivity index (χ1n) is 4.65. The van der Waals surface area contributed by atoms with Crippen molar-refractivity contribution in [2.75, 3.05) is 12.3 Å². The number of ether oxygens (including phenoxy) is 2. The van der Waals surface area contributed by atoms with Gasteiger partial charge in [-0.25, -0.2) is 4.79 Å². The van der Waals surface area contributed by atoms with Crippen LogP contribution in [0.15, 0.2) is 6.07 Å². The van der Waals surface area contributed by atoms with Gasteiger partial charge in [0, 0.05) is 0 Å². The lowest BCUT2D eigenvalue weighted by Gasteiger charge is -2.26. The zero-order valence-corrected chi connectivity index (χ0v) is 9.25. The molecule has 0 aromatic heterocycles. The number of carboxylic acids is 1. The molecule has 1 heterocycles. The van der Waals surface area contributed by atoms with Crippen LogP contribution in [-0.4, -0.2) is 23.8 Å². The minimum Gasteiger partial charge on any atom is -0.485 e. The van der Waals surface area contributed by atoms with Gasteiger partial charge in [-0.3, -0.25) is 0 Å². The number of anilines is 1. The molecule has 6 heteroatoms. The van der Waals surface area contributed by atoms with Crippen molar-refractivity contribution in [3.05, 3.63) is 16.7 Å². The summed E-state index contributed by atoms with van der Waals surface area (Å²) in [5.41, 5.74) is 5.87. The van der Waals surface area contributed by atoms with Gasteiger partial charge in [-0.2, -0.15) is 0 Å². The molecule has 0 radical (unpaired) electrons. The first kappa shape index (κ1) is 10.9. The van der Waals surface area contributed by atoms with Gasteiger partial charge < -0.3 is 20.3 Å². The molecule has 0 saturated heterocycles. The van der Waals surface area contributed by atoms with Crippen molar-refractivity contribution < 1.29 is 19.4 Å². The Balaban J connectivity index is 2.64. The van der Waals surface area contributed by atoms with Gasteiger partial charge in [0.15, 0.2) is 11.5 Å². The first-order valence-corrected chi connectivity index (χ1v) is 5.03. The van der Waals surface area contributed by atoms with Crippen LogP contribution in [0.25, 0.3) is 0 Å². The molecule has 0 fully saturated rings. The summed E-state index contributed by atoms with van der Waals surface area (Å²) in [6, 6.07) is 1.26. The van der Waals surface area contributed by atoms with Crippen LogP contribution < -0.4 is 15.2 Å². The summed E-state index contributed by atoms with van der Waals surface area (Å²) in [5, 5.41) is 9.13. The third-order valence-electron chi connectivity index (χ3n) is 2.24. The fourth-order valence-electron chi connectivity index (χ4n) is 1.48. The average molecular weight is 244 g/mol. The Hall–Kier alpha value is -1.62. The molecule has 0 aliphatic carbocycles. The van der Waals surface area contributed by atoms with Gasteiger partial charge in [-0.05, 0) is 13.0 Å². The van der Waals surface area contributed by atoms with Crippen LogP contribution in [0.2, 0.25) is 5.02 Å². The highest BCUT2D eigenvalue weighted by atomic mass is 35.5. The Morgan fingerprint density at radius 2 is 2.31 bits per heavy atom. The highest BCUT2D eigenvalue weighted by Crippen LogP contribution is 2.44. The number of hydrogen-bond donors (Lipinski definition) is 2. The number of carboxylic acid groups (broad SMARTS) is 1. The molecule has 1 unspecified atom stereocenters. The number of fused-ring (bicyclic) bond motifs is 1. The van der Waals surface area contributed by atoms with Crippen molar-refractivity contribution in [1.29, 1.82) is 0 Å². The quantitative estimate of drug-likeness (QED) is 0.735. The Kier molecular flexibility index (Phi) is 2.55. The lowest BCUT2D eigenvalue weighted by atomic mass is 10.1. The van der Waals surface area contributed by atoms with Crippen molar-refractivity contribution in [2.24, 2.45) is 0 Å². The third-order valence-corrected chi connectivity index (χ3v) is 2.55. The van der Waals surface area contributed by atoms with Gasteiger partial charge in [0.2, 0.25) is 0 Å². The van der Waals surface area contributed by atoms with Crippen LogP contribution in [-0.2, 0) is 0 Å². The Bertz CT molecular complexity index is 461. The molecule has 3 N–H and O–H groups in total. The van der Waals surface area contributed by atoms with Gasteiger partial charge in [0.05, 0.1) is 10.7 Å². The normalized spacial score (nSPS) is 18.2. The minimum absolute atomic E-state index is 0.0406. The molecule has 86 valence electrons. The van der Waals surface area contributed by atoms with E-state index in [2.05, 4.69) is 0 Å². The molecule has 0 bridgehead atoms. The van der Waals surface area contributed by atoms with E-state index in [4.69, 9.17) is 31.9 Å².